The first-order chi connectivity index (χ1) is 14.3. The van der Waals surface area contributed by atoms with E-state index in [4.69, 9.17) is 9.72 Å². The van der Waals surface area contributed by atoms with Gasteiger partial charge in [-0.1, -0.05) is 25.7 Å². The fourth-order valence-electron chi connectivity index (χ4n) is 4.73. The molecule has 160 valence electrons. The molecule has 1 atom stereocenters. The van der Waals surface area contributed by atoms with Crippen LogP contribution in [0.25, 0.3) is 11.0 Å². The van der Waals surface area contributed by atoms with Gasteiger partial charge in [0, 0.05) is 44.1 Å². The lowest BCUT2D eigenvalue weighted by atomic mass is 9.92. The molecule has 0 aliphatic carbocycles. The van der Waals surface area contributed by atoms with Gasteiger partial charge in [-0.15, -0.1) is 0 Å². The maximum absolute atomic E-state index is 10.3. The van der Waals surface area contributed by atoms with E-state index >= 15 is 0 Å². The van der Waals surface area contributed by atoms with Crippen LogP contribution in [0.15, 0.2) is 12.4 Å². The highest BCUT2D eigenvalue weighted by molar-refractivity contribution is 5.81. The molecule has 0 spiro atoms. The van der Waals surface area contributed by atoms with Crippen LogP contribution in [0.4, 0.5) is 5.95 Å². The summed E-state index contributed by atoms with van der Waals surface area (Å²) in [6.45, 7) is 3.55. The van der Waals surface area contributed by atoms with Gasteiger partial charge in [0.2, 0.25) is 5.95 Å². The van der Waals surface area contributed by atoms with Crippen LogP contribution in [0, 0.1) is 0 Å². The van der Waals surface area contributed by atoms with E-state index in [0.717, 1.165) is 89.3 Å². The number of hydrogen-bond acceptors (Lipinski definition) is 5. The largest absolute Gasteiger partial charge is 0.393 e. The van der Waals surface area contributed by atoms with Gasteiger partial charge < -0.3 is 19.7 Å². The Hall–Kier alpha value is -1.66. The maximum atomic E-state index is 10.3. The number of fused-ring (bicyclic) bond motifs is 1. The maximum Gasteiger partial charge on any atom is 0.224 e. The standard InChI is InChI=1S/C23H36N4O2/c28-19-8-4-2-1-3-6-12-24-23-25-16-20-21(18-10-14-29-15-11-18)17-27(22(20)26-23)13-7-5-9-19/h16-19,28H,1-15H2,(H,24,25,26). The van der Waals surface area contributed by atoms with Gasteiger partial charge in [0.15, 0.2) is 0 Å². The summed E-state index contributed by atoms with van der Waals surface area (Å²) in [6, 6.07) is 0. The number of rotatable bonds is 1. The molecular weight excluding hydrogens is 364 g/mol. The van der Waals surface area contributed by atoms with Crippen molar-refractivity contribution in [1.29, 1.82) is 0 Å². The van der Waals surface area contributed by atoms with Gasteiger partial charge >= 0.3 is 0 Å². The van der Waals surface area contributed by atoms with Crippen LogP contribution in [0.2, 0.25) is 0 Å². The van der Waals surface area contributed by atoms with Crippen LogP contribution in [0.1, 0.15) is 82.1 Å². The first-order valence-electron chi connectivity index (χ1n) is 11.7. The van der Waals surface area contributed by atoms with Gasteiger partial charge in [-0.3, -0.25) is 0 Å². The molecule has 2 aliphatic rings. The normalized spacial score (nSPS) is 23.7. The molecule has 4 heterocycles. The number of anilines is 1. The summed E-state index contributed by atoms with van der Waals surface area (Å²) in [5.74, 6) is 1.28. The fourth-order valence-corrected chi connectivity index (χ4v) is 4.73. The van der Waals surface area contributed by atoms with Gasteiger partial charge in [-0.2, -0.15) is 4.98 Å². The molecule has 2 bridgehead atoms. The second-order valence-electron chi connectivity index (χ2n) is 8.73. The fraction of sp³-hybridized carbons (Fsp3) is 0.739. The van der Waals surface area contributed by atoms with Crippen molar-refractivity contribution in [2.24, 2.45) is 0 Å². The molecule has 1 unspecified atom stereocenters. The summed E-state index contributed by atoms with van der Waals surface area (Å²) < 4.78 is 7.89. The van der Waals surface area contributed by atoms with E-state index in [-0.39, 0.29) is 6.10 Å². The Balaban J connectivity index is 1.56. The van der Waals surface area contributed by atoms with Gasteiger partial charge in [-0.25, -0.2) is 4.98 Å². The zero-order valence-electron chi connectivity index (χ0n) is 17.6. The van der Waals surface area contributed by atoms with Crippen molar-refractivity contribution in [3.05, 3.63) is 18.0 Å². The van der Waals surface area contributed by atoms with Gasteiger partial charge in [-0.05, 0) is 56.4 Å². The van der Waals surface area contributed by atoms with E-state index < -0.39 is 0 Å². The summed E-state index contributed by atoms with van der Waals surface area (Å²) in [4.78, 5) is 9.52. The van der Waals surface area contributed by atoms with Crippen molar-refractivity contribution in [2.45, 2.75) is 89.2 Å². The molecule has 0 amide bonds. The summed E-state index contributed by atoms with van der Waals surface area (Å²) in [5, 5.41) is 14.9. The molecule has 0 radical (unpaired) electrons. The predicted molar refractivity (Wildman–Crippen MR) is 116 cm³/mol. The third kappa shape index (κ3) is 5.48. The van der Waals surface area contributed by atoms with Crippen LogP contribution >= 0.6 is 0 Å². The molecular formula is C23H36N4O2. The molecule has 0 aromatic carbocycles. The SMILES string of the molecule is OC1CCCCCCCNc2ncc3c(C4CCOCC4)cn(c3n2)CCCC1. The summed E-state index contributed by atoms with van der Waals surface area (Å²) >= 11 is 0. The van der Waals surface area contributed by atoms with Crippen molar-refractivity contribution in [3.8, 4) is 0 Å². The number of aromatic nitrogens is 3. The van der Waals surface area contributed by atoms with Crippen LogP contribution in [-0.2, 0) is 11.3 Å². The minimum absolute atomic E-state index is 0.138. The van der Waals surface area contributed by atoms with Gasteiger partial charge in [0.25, 0.3) is 0 Å². The zero-order valence-corrected chi connectivity index (χ0v) is 17.6. The third-order valence-corrected chi connectivity index (χ3v) is 6.49. The van der Waals surface area contributed by atoms with Crippen molar-refractivity contribution >= 4 is 17.0 Å². The minimum atomic E-state index is -0.138. The Labute approximate surface area is 174 Å². The van der Waals surface area contributed by atoms with Gasteiger partial charge in [0.1, 0.15) is 5.65 Å². The average molecular weight is 401 g/mol. The first kappa shape index (κ1) is 20.6. The molecule has 1 saturated heterocycles. The molecule has 2 aromatic rings. The van der Waals surface area contributed by atoms with Crippen molar-refractivity contribution in [1.82, 2.24) is 14.5 Å². The van der Waals surface area contributed by atoms with Crippen LogP contribution in [0.3, 0.4) is 0 Å². The molecule has 0 saturated carbocycles. The number of nitrogens with zero attached hydrogens (tertiary/aromatic N) is 3. The Kier molecular flexibility index (Phi) is 7.39. The predicted octanol–water partition coefficient (Wildman–Crippen LogP) is 4.62. The molecule has 2 aliphatic heterocycles. The number of nitrogens with one attached hydrogen (secondary N) is 1. The Morgan fingerprint density at radius 1 is 0.966 bits per heavy atom. The molecule has 29 heavy (non-hydrogen) atoms. The number of aryl methyl sites for hydroxylation is 1. The van der Waals surface area contributed by atoms with Crippen molar-refractivity contribution in [2.75, 3.05) is 25.1 Å². The average Bonchev–Trinajstić information content (AvgIpc) is 3.11. The Morgan fingerprint density at radius 2 is 1.72 bits per heavy atom. The number of aliphatic hydroxyl groups is 1. The third-order valence-electron chi connectivity index (χ3n) is 6.49. The van der Waals surface area contributed by atoms with Crippen LogP contribution < -0.4 is 5.32 Å². The van der Waals surface area contributed by atoms with Crippen molar-refractivity contribution in [3.63, 3.8) is 0 Å². The summed E-state index contributed by atoms with van der Waals surface area (Å²) in [7, 11) is 0. The topological polar surface area (TPSA) is 72.2 Å². The first-order valence-corrected chi connectivity index (χ1v) is 11.7. The van der Waals surface area contributed by atoms with E-state index in [1.165, 1.54) is 30.2 Å². The number of aliphatic hydroxyl groups excluding tert-OH is 1. The molecule has 4 rings (SSSR count). The molecule has 1 fully saturated rings. The highest BCUT2D eigenvalue weighted by atomic mass is 16.5. The van der Waals surface area contributed by atoms with E-state index in [9.17, 15) is 5.11 Å². The summed E-state index contributed by atoms with van der Waals surface area (Å²) in [6.07, 6.45) is 16.3. The Morgan fingerprint density at radius 3 is 2.59 bits per heavy atom. The second-order valence-corrected chi connectivity index (χ2v) is 8.73. The van der Waals surface area contributed by atoms with E-state index in [1.54, 1.807) is 0 Å². The lowest BCUT2D eigenvalue weighted by Gasteiger charge is -2.21. The Bertz CT molecular complexity index is 770. The lowest BCUT2D eigenvalue weighted by molar-refractivity contribution is 0.0855. The van der Waals surface area contributed by atoms with Crippen molar-refractivity contribution < 1.29 is 9.84 Å². The molecule has 2 aromatic heterocycles. The van der Waals surface area contributed by atoms with E-state index in [0.29, 0.717) is 5.92 Å². The highest BCUT2D eigenvalue weighted by Gasteiger charge is 2.22. The quantitative estimate of drug-likeness (QED) is 0.731. The van der Waals surface area contributed by atoms with E-state index in [2.05, 4.69) is 21.1 Å². The summed E-state index contributed by atoms with van der Waals surface area (Å²) in [5.41, 5.74) is 2.43. The van der Waals surface area contributed by atoms with Crippen LogP contribution in [0.5, 0.6) is 0 Å². The van der Waals surface area contributed by atoms with Gasteiger partial charge in [0.05, 0.1) is 6.10 Å². The second kappa shape index (κ2) is 10.4. The minimum Gasteiger partial charge on any atom is -0.393 e. The molecule has 6 heteroatoms. The smallest absolute Gasteiger partial charge is 0.224 e. The van der Waals surface area contributed by atoms with E-state index in [1.807, 2.05) is 6.20 Å². The molecule has 6 nitrogen and oxygen atoms in total. The highest BCUT2D eigenvalue weighted by Crippen LogP contribution is 2.33. The molecule has 2 N–H and O–H groups in total. The number of ether oxygens (including phenoxy) is 1. The van der Waals surface area contributed by atoms with Crippen LogP contribution in [-0.4, -0.2) is 45.5 Å². The number of hydrogen-bond donors (Lipinski definition) is 2. The lowest BCUT2D eigenvalue weighted by Crippen LogP contribution is -2.13. The zero-order chi connectivity index (χ0) is 19.9. The monoisotopic (exact) mass is 400 g/mol.